The normalized spacial score (nSPS) is 12.1. The van der Waals surface area contributed by atoms with E-state index < -0.39 is 27.9 Å². The lowest BCUT2D eigenvalue weighted by molar-refractivity contribution is -0.122. The van der Waals surface area contributed by atoms with Crippen molar-refractivity contribution in [2.45, 2.75) is 24.3 Å². The number of nitrogens with one attached hydrogen (secondary N) is 2. The second-order valence-electron chi connectivity index (χ2n) is 6.25. The first-order valence-corrected chi connectivity index (χ1v) is 10.4. The third kappa shape index (κ3) is 6.30. The van der Waals surface area contributed by atoms with Gasteiger partial charge < -0.3 is 14.8 Å². The van der Waals surface area contributed by atoms with Crippen LogP contribution in [0.3, 0.4) is 0 Å². The Bertz CT molecular complexity index is 940. The van der Waals surface area contributed by atoms with Crippen molar-refractivity contribution in [3.05, 3.63) is 59.7 Å². The second kappa shape index (κ2) is 10.0. The van der Waals surface area contributed by atoms with Gasteiger partial charge in [-0.25, -0.2) is 13.2 Å². The van der Waals surface area contributed by atoms with E-state index in [0.717, 1.165) is 5.56 Å². The van der Waals surface area contributed by atoms with Crippen LogP contribution in [0, 0.1) is 0 Å². The lowest BCUT2D eigenvalue weighted by Gasteiger charge is -2.15. The molecule has 1 atom stereocenters. The summed E-state index contributed by atoms with van der Waals surface area (Å²) in [5.41, 5.74) is 1.37. The van der Waals surface area contributed by atoms with Gasteiger partial charge in [0.2, 0.25) is 15.9 Å². The number of sulfonamides is 1. The molecule has 2 rings (SSSR count). The molecule has 0 saturated heterocycles. The highest BCUT2D eigenvalue weighted by Gasteiger charge is 2.21. The molecular formula is C20H24N2O6S. The van der Waals surface area contributed by atoms with Gasteiger partial charge in [-0.1, -0.05) is 12.1 Å². The molecule has 2 aromatic carbocycles. The van der Waals surface area contributed by atoms with Crippen molar-refractivity contribution in [3.63, 3.8) is 0 Å². The van der Waals surface area contributed by atoms with E-state index in [9.17, 15) is 18.0 Å². The average Bonchev–Trinajstić information content (AvgIpc) is 2.73. The topological polar surface area (TPSA) is 111 Å². The highest BCUT2D eigenvalue weighted by atomic mass is 32.2. The van der Waals surface area contributed by atoms with Crippen LogP contribution in [-0.4, -0.2) is 47.1 Å². The molecule has 8 nitrogen and oxygen atoms in total. The zero-order valence-corrected chi connectivity index (χ0v) is 17.3. The molecule has 29 heavy (non-hydrogen) atoms. The third-order valence-corrected chi connectivity index (χ3v) is 5.74. The third-order valence-electron chi connectivity index (χ3n) is 4.18. The summed E-state index contributed by atoms with van der Waals surface area (Å²) < 4.78 is 36.8. The SMILES string of the molecule is COC(=O)c1ccc(CCNC(=O)[C@H](C)NS(=O)(=O)c2ccc(OC)cc2)cc1. The summed E-state index contributed by atoms with van der Waals surface area (Å²) in [6, 6.07) is 11.8. The fourth-order valence-electron chi connectivity index (χ4n) is 2.52. The Morgan fingerprint density at radius 1 is 1.00 bits per heavy atom. The van der Waals surface area contributed by atoms with E-state index in [0.29, 0.717) is 24.3 Å². The Balaban J connectivity index is 1.86. The summed E-state index contributed by atoms with van der Waals surface area (Å²) in [6.45, 7) is 1.80. The highest BCUT2D eigenvalue weighted by molar-refractivity contribution is 7.89. The highest BCUT2D eigenvalue weighted by Crippen LogP contribution is 2.15. The molecule has 0 heterocycles. The molecule has 0 aliphatic heterocycles. The number of benzene rings is 2. The Hall–Kier alpha value is -2.91. The first-order valence-electron chi connectivity index (χ1n) is 8.88. The molecule has 0 radical (unpaired) electrons. The van der Waals surface area contributed by atoms with Crippen molar-refractivity contribution < 1.29 is 27.5 Å². The minimum absolute atomic E-state index is 0.0450. The fourth-order valence-corrected chi connectivity index (χ4v) is 3.72. The minimum atomic E-state index is -3.83. The molecule has 0 fully saturated rings. The van der Waals surface area contributed by atoms with E-state index >= 15 is 0 Å². The van der Waals surface area contributed by atoms with Crippen molar-refractivity contribution in [3.8, 4) is 5.75 Å². The molecule has 2 aromatic rings. The smallest absolute Gasteiger partial charge is 0.337 e. The predicted molar refractivity (Wildman–Crippen MR) is 107 cm³/mol. The van der Waals surface area contributed by atoms with Gasteiger partial charge in [0.25, 0.3) is 0 Å². The van der Waals surface area contributed by atoms with Gasteiger partial charge in [0.15, 0.2) is 0 Å². The van der Waals surface area contributed by atoms with Gasteiger partial charge in [-0.2, -0.15) is 4.72 Å². The van der Waals surface area contributed by atoms with Crippen molar-refractivity contribution in [2.75, 3.05) is 20.8 Å². The van der Waals surface area contributed by atoms with Crippen LogP contribution in [0.15, 0.2) is 53.4 Å². The van der Waals surface area contributed by atoms with E-state index in [1.807, 2.05) is 0 Å². The summed E-state index contributed by atoms with van der Waals surface area (Å²) in [5.74, 6) is -0.314. The first kappa shape index (κ1) is 22.4. The number of amides is 1. The maximum absolute atomic E-state index is 12.4. The molecule has 0 saturated carbocycles. The number of esters is 1. The number of ether oxygens (including phenoxy) is 2. The Labute approximate surface area is 170 Å². The Morgan fingerprint density at radius 2 is 1.62 bits per heavy atom. The van der Waals surface area contributed by atoms with E-state index in [-0.39, 0.29) is 4.90 Å². The van der Waals surface area contributed by atoms with Gasteiger partial charge in [0, 0.05) is 6.54 Å². The molecule has 9 heteroatoms. The molecular weight excluding hydrogens is 396 g/mol. The molecule has 0 aromatic heterocycles. The number of rotatable bonds is 9. The zero-order chi connectivity index (χ0) is 21.4. The van der Waals surface area contributed by atoms with Gasteiger partial charge in [-0.05, 0) is 55.3 Å². The summed E-state index contributed by atoms with van der Waals surface area (Å²) in [7, 11) is -1.03. The van der Waals surface area contributed by atoms with Crippen molar-refractivity contribution in [1.29, 1.82) is 0 Å². The summed E-state index contributed by atoms with van der Waals surface area (Å²) in [5, 5.41) is 2.69. The largest absolute Gasteiger partial charge is 0.497 e. The number of carbonyl (C=O) groups excluding carboxylic acids is 2. The number of hydrogen-bond donors (Lipinski definition) is 2. The minimum Gasteiger partial charge on any atom is -0.497 e. The summed E-state index contributed by atoms with van der Waals surface area (Å²) in [6.07, 6.45) is 0.533. The fraction of sp³-hybridized carbons (Fsp3) is 0.300. The number of carbonyl (C=O) groups is 2. The molecule has 0 spiro atoms. The van der Waals surface area contributed by atoms with Gasteiger partial charge in [-0.3, -0.25) is 4.79 Å². The van der Waals surface area contributed by atoms with Crippen molar-refractivity contribution in [1.82, 2.24) is 10.0 Å². The molecule has 1 amide bonds. The van der Waals surface area contributed by atoms with Crippen LogP contribution in [0.25, 0.3) is 0 Å². The van der Waals surface area contributed by atoms with Crippen molar-refractivity contribution in [2.24, 2.45) is 0 Å². The van der Waals surface area contributed by atoms with Crippen LogP contribution in [0.1, 0.15) is 22.8 Å². The average molecular weight is 420 g/mol. The van der Waals surface area contributed by atoms with E-state index in [4.69, 9.17) is 4.74 Å². The first-order chi connectivity index (χ1) is 13.8. The summed E-state index contributed by atoms with van der Waals surface area (Å²) in [4.78, 5) is 23.7. The maximum Gasteiger partial charge on any atom is 0.337 e. The quantitative estimate of drug-likeness (QED) is 0.595. The van der Waals surface area contributed by atoms with Crippen LogP contribution in [0.5, 0.6) is 5.75 Å². The lowest BCUT2D eigenvalue weighted by Crippen LogP contribution is -2.45. The van der Waals surface area contributed by atoms with Crippen LogP contribution in [-0.2, 0) is 26.0 Å². The number of methoxy groups -OCH3 is 2. The molecule has 0 aliphatic carbocycles. The van der Waals surface area contributed by atoms with E-state index in [2.05, 4.69) is 14.8 Å². The van der Waals surface area contributed by atoms with Gasteiger partial charge in [0.1, 0.15) is 5.75 Å². The lowest BCUT2D eigenvalue weighted by atomic mass is 10.1. The van der Waals surface area contributed by atoms with Gasteiger partial charge in [0.05, 0.1) is 30.7 Å². The monoisotopic (exact) mass is 420 g/mol. The van der Waals surface area contributed by atoms with Crippen LogP contribution in [0.2, 0.25) is 0 Å². The molecule has 2 N–H and O–H groups in total. The second-order valence-corrected chi connectivity index (χ2v) is 7.96. The summed E-state index contributed by atoms with van der Waals surface area (Å²) >= 11 is 0. The van der Waals surface area contributed by atoms with Crippen LogP contribution >= 0.6 is 0 Å². The number of hydrogen-bond acceptors (Lipinski definition) is 6. The molecule has 156 valence electrons. The Kier molecular flexibility index (Phi) is 7.74. The zero-order valence-electron chi connectivity index (χ0n) is 16.5. The van der Waals surface area contributed by atoms with E-state index in [1.54, 1.807) is 24.3 Å². The molecule has 0 unspecified atom stereocenters. The van der Waals surface area contributed by atoms with Gasteiger partial charge >= 0.3 is 5.97 Å². The Morgan fingerprint density at radius 3 is 2.17 bits per heavy atom. The maximum atomic E-state index is 12.4. The standard InChI is InChI=1S/C20H24N2O6S/c1-14(22-29(25,26)18-10-8-17(27-2)9-11-18)19(23)21-13-12-15-4-6-16(7-5-15)20(24)28-3/h4-11,14,22H,12-13H2,1-3H3,(H,21,23)/t14-/m0/s1. The molecule has 0 bridgehead atoms. The van der Waals surface area contributed by atoms with Crippen LogP contribution in [0.4, 0.5) is 0 Å². The predicted octanol–water partition coefficient (Wildman–Crippen LogP) is 1.51. The van der Waals surface area contributed by atoms with Crippen LogP contribution < -0.4 is 14.8 Å². The molecule has 0 aliphatic rings. The van der Waals surface area contributed by atoms with Crippen molar-refractivity contribution >= 4 is 21.9 Å². The van der Waals surface area contributed by atoms with Gasteiger partial charge in [-0.15, -0.1) is 0 Å². The van der Waals surface area contributed by atoms with E-state index in [1.165, 1.54) is 45.4 Å².